The van der Waals surface area contributed by atoms with Gasteiger partial charge in [-0.2, -0.15) is 0 Å². The summed E-state index contributed by atoms with van der Waals surface area (Å²) in [5.41, 5.74) is 0.398. The average Bonchev–Trinajstić information content (AvgIpc) is 2.77. The highest BCUT2D eigenvalue weighted by Crippen LogP contribution is 2.26. The quantitative estimate of drug-likeness (QED) is 0.860. The van der Waals surface area contributed by atoms with Crippen molar-refractivity contribution in [1.82, 2.24) is 10.3 Å². The molecule has 0 radical (unpaired) electrons. The fourth-order valence-corrected chi connectivity index (χ4v) is 2.65. The summed E-state index contributed by atoms with van der Waals surface area (Å²) < 4.78 is 0. The lowest BCUT2D eigenvalue weighted by Gasteiger charge is -2.18. The van der Waals surface area contributed by atoms with Gasteiger partial charge in [0.05, 0.1) is 5.02 Å². The predicted molar refractivity (Wildman–Crippen MR) is 68.6 cm³/mol. The number of pyridine rings is 1. The van der Waals surface area contributed by atoms with Gasteiger partial charge in [0.25, 0.3) is 5.91 Å². The average molecular weight is 273 g/mol. The molecule has 0 aliphatic heterocycles. The SMILES string of the molecule is O=C(NC1CCCC1CCl)c1ccc(Cl)cn1. The highest BCUT2D eigenvalue weighted by atomic mass is 35.5. The smallest absolute Gasteiger partial charge is 0.270 e. The Hall–Kier alpha value is -0.800. The van der Waals surface area contributed by atoms with Gasteiger partial charge in [0.15, 0.2) is 0 Å². The molecular weight excluding hydrogens is 259 g/mol. The zero-order chi connectivity index (χ0) is 12.3. The number of nitrogens with zero attached hydrogens (tertiary/aromatic N) is 1. The highest BCUT2D eigenvalue weighted by Gasteiger charge is 2.28. The van der Waals surface area contributed by atoms with Crippen LogP contribution in [0.1, 0.15) is 29.8 Å². The second-order valence-electron chi connectivity index (χ2n) is 4.29. The molecule has 17 heavy (non-hydrogen) atoms. The van der Waals surface area contributed by atoms with Crippen molar-refractivity contribution in [3.8, 4) is 0 Å². The van der Waals surface area contributed by atoms with Crippen LogP contribution < -0.4 is 5.32 Å². The normalized spacial score (nSPS) is 23.6. The number of hydrogen-bond acceptors (Lipinski definition) is 2. The lowest BCUT2D eigenvalue weighted by molar-refractivity contribution is 0.0925. The van der Waals surface area contributed by atoms with Crippen LogP contribution in [0.2, 0.25) is 5.02 Å². The first-order valence-corrected chi connectivity index (χ1v) is 6.60. The van der Waals surface area contributed by atoms with Gasteiger partial charge in [0.1, 0.15) is 5.69 Å². The molecule has 2 unspecified atom stereocenters. The van der Waals surface area contributed by atoms with E-state index in [-0.39, 0.29) is 11.9 Å². The van der Waals surface area contributed by atoms with Crippen LogP contribution >= 0.6 is 23.2 Å². The number of amides is 1. The van der Waals surface area contributed by atoms with Crippen LogP contribution in [0.15, 0.2) is 18.3 Å². The lowest BCUT2D eigenvalue weighted by atomic mass is 10.1. The summed E-state index contributed by atoms with van der Waals surface area (Å²) in [4.78, 5) is 15.9. The number of rotatable bonds is 3. The predicted octanol–water partition coefficient (Wildman–Crippen LogP) is 2.87. The van der Waals surface area contributed by atoms with E-state index in [4.69, 9.17) is 23.2 Å². The fraction of sp³-hybridized carbons (Fsp3) is 0.500. The monoisotopic (exact) mass is 272 g/mol. The van der Waals surface area contributed by atoms with Gasteiger partial charge in [-0.3, -0.25) is 4.79 Å². The second-order valence-corrected chi connectivity index (χ2v) is 5.03. The van der Waals surface area contributed by atoms with E-state index in [0.29, 0.717) is 22.5 Å². The largest absolute Gasteiger partial charge is 0.348 e. The second kappa shape index (κ2) is 5.69. The van der Waals surface area contributed by atoms with E-state index < -0.39 is 0 Å². The number of carbonyl (C=O) groups is 1. The molecule has 2 atom stereocenters. The molecule has 3 nitrogen and oxygen atoms in total. The zero-order valence-electron chi connectivity index (χ0n) is 9.33. The third kappa shape index (κ3) is 3.11. The van der Waals surface area contributed by atoms with Crippen LogP contribution in [-0.4, -0.2) is 22.8 Å². The minimum atomic E-state index is -0.149. The van der Waals surface area contributed by atoms with Gasteiger partial charge >= 0.3 is 0 Å². The Kier molecular flexibility index (Phi) is 4.24. The molecule has 1 aromatic rings. The van der Waals surface area contributed by atoms with Gasteiger partial charge < -0.3 is 5.32 Å². The van der Waals surface area contributed by atoms with Gasteiger partial charge in [0, 0.05) is 18.1 Å². The van der Waals surface area contributed by atoms with E-state index in [1.165, 1.54) is 6.20 Å². The van der Waals surface area contributed by atoms with E-state index in [1.54, 1.807) is 12.1 Å². The molecule has 1 aromatic heterocycles. The molecule has 1 amide bonds. The molecule has 5 heteroatoms. The van der Waals surface area contributed by atoms with Crippen LogP contribution in [0.3, 0.4) is 0 Å². The minimum Gasteiger partial charge on any atom is -0.348 e. The summed E-state index contributed by atoms with van der Waals surface area (Å²) in [6, 6.07) is 3.47. The lowest BCUT2D eigenvalue weighted by Crippen LogP contribution is -2.38. The molecule has 0 bridgehead atoms. The fourth-order valence-electron chi connectivity index (χ4n) is 2.16. The first kappa shape index (κ1) is 12.7. The van der Waals surface area contributed by atoms with Crippen LogP contribution in [0.25, 0.3) is 0 Å². The van der Waals surface area contributed by atoms with Gasteiger partial charge in [-0.05, 0) is 30.9 Å². The summed E-state index contributed by atoms with van der Waals surface area (Å²) in [6.07, 6.45) is 4.68. The topological polar surface area (TPSA) is 42.0 Å². The van der Waals surface area contributed by atoms with Gasteiger partial charge in [0.2, 0.25) is 0 Å². The van der Waals surface area contributed by atoms with Gasteiger partial charge in [-0.15, -0.1) is 11.6 Å². The maximum Gasteiger partial charge on any atom is 0.270 e. The molecule has 1 fully saturated rings. The maximum absolute atomic E-state index is 11.9. The Balaban J connectivity index is 1.99. The van der Waals surface area contributed by atoms with Crippen molar-refractivity contribution in [2.45, 2.75) is 25.3 Å². The molecule has 1 saturated carbocycles. The van der Waals surface area contributed by atoms with Crippen molar-refractivity contribution in [3.63, 3.8) is 0 Å². The first-order valence-electron chi connectivity index (χ1n) is 5.69. The molecule has 0 spiro atoms. The highest BCUT2D eigenvalue weighted by molar-refractivity contribution is 6.30. The van der Waals surface area contributed by atoms with Crippen LogP contribution in [0.4, 0.5) is 0 Å². The number of aromatic nitrogens is 1. The van der Waals surface area contributed by atoms with E-state index in [1.807, 2.05) is 0 Å². The van der Waals surface area contributed by atoms with Crippen molar-refractivity contribution < 1.29 is 4.79 Å². The Morgan fingerprint density at radius 3 is 2.94 bits per heavy atom. The Bertz CT molecular complexity index is 394. The van der Waals surface area contributed by atoms with E-state index >= 15 is 0 Å². The third-order valence-corrected chi connectivity index (χ3v) is 3.75. The standard InChI is InChI=1S/C12H14Cl2N2O/c13-6-8-2-1-3-10(8)16-12(17)11-5-4-9(14)7-15-11/h4-5,7-8,10H,1-3,6H2,(H,16,17). The minimum absolute atomic E-state index is 0.149. The van der Waals surface area contributed by atoms with Crippen molar-refractivity contribution in [3.05, 3.63) is 29.0 Å². The van der Waals surface area contributed by atoms with Gasteiger partial charge in [-0.1, -0.05) is 18.0 Å². The molecule has 1 heterocycles. The van der Waals surface area contributed by atoms with E-state index in [9.17, 15) is 4.79 Å². The number of halogens is 2. The zero-order valence-corrected chi connectivity index (χ0v) is 10.8. The van der Waals surface area contributed by atoms with Crippen molar-refractivity contribution in [2.24, 2.45) is 5.92 Å². The Morgan fingerprint density at radius 1 is 1.47 bits per heavy atom. The molecule has 0 aromatic carbocycles. The molecule has 2 rings (SSSR count). The maximum atomic E-state index is 11.9. The summed E-state index contributed by atoms with van der Waals surface area (Å²) >= 11 is 11.6. The van der Waals surface area contributed by atoms with Crippen LogP contribution in [-0.2, 0) is 0 Å². The Morgan fingerprint density at radius 2 is 2.29 bits per heavy atom. The molecule has 92 valence electrons. The van der Waals surface area contributed by atoms with E-state index in [0.717, 1.165) is 19.3 Å². The van der Waals surface area contributed by atoms with Crippen LogP contribution in [0.5, 0.6) is 0 Å². The summed E-state index contributed by atoms with van der Waals surface area (Å²) in [7, 11) is 0. The van der Waals surface area contributed by atoms with E-state index in [2.05, 4.69) is 10.3 Å². The first-order chi connectivity index (χ1) is 8.20. The Labute approximate surface area is 111 Å². The molecule has 0 saturated heterocycles. The van der Waals surface area contributed by atoms with Crippen LogP contribution in [0, 0.1) is 5.92 Å². The summed E-state index contributed by atoms with van der Waals surface area (Å²) in [5.74, 6) is 0.829. The summed E-state index contributed by atoms with van der Waals surface area (Å²) in [5, 5.41) is 3.52. The molecule has 1 aliphatic carbocycles. The number of alkyl halides is 1. The third-order valence-electron chi connectivity index (χ3n) is 3.13. The van der Waals surface area contributed by atoms with Crippen molar-refractivity contribution >= 4 is 29.1 Å². The molecular formula is C12H14Cl2N2O. The number of nitrogens with one attached hydrogen (secondary N) is 1. The van der Waals surface area contributed by atoms with Crippen molar-refractivity contribution in [1.29, 1.82) is 0 Å². The summed E-state index contributed by atoms with van der Waals surface area (Å²) in [6.45, 7) is 0. The van der Waals surface area contributed by atoms with Crippen molar-refractivity contribution in [2.75, 3.05) is 5.88 Å². The number of carbonyl (C=O) groups excluding carboxylic acids is 1. The van der Waals surface area contributed by atoms with Gasteiger partial charge in [-0.25, -0.2) is 4.98 Å². The molecule has 1 N–H and O–H groups in total. The molecule has 1 aliphatic rings. The number of hydrogen-bond donors (Lipinski definition) is 1.